The zero-order chi connectivity index (χ0) is 15.3. The molecule has 2 heterocycles. The van der Waals surface area contributed by atoms with Gasteiger partial charge in [0.1, 0.15) is 17.2 Å². The van der Waals surface area contributed by atoms with Crippen molar-refractivity contribution in [1.29, 1.82) is 0 Å². The van der Waals surface area contributed by atoms with Gasteiger partial charge in [-0.15, -0.1) is 0 Å². The van der Waals surface area contributed by atoms with Crippen LogP contribution in [0.3, 0.4) is 0 Å². The Kier molecular flexibility index (Phi) is 2.74. The molecule has 0 unspecified atom stereocenters. The third kappa shape index (κ3) is 1.96. The van der Waals surface area contributed by atoms with Crippen LogP contribution in [0.4, 0.5) is 9.52 Å². The molecule has 0 aliphatic rings. The monoisotopic (exact) mass is 312 g/mol. The molecular formula is C16H9FN2O2S. The Balaban J connectivity index is 2.05. The molecule has 0 fully saturated rings. The van der Waals surface area contributed by atoms with E-state index < -0.39 is 0 Å². The van der Waals surface area contributed by atoms with Crippen molar-refractivity contribution in [2.45, 2.75) is 0 Å². The number of nitrogens with zero attached hydrogens (tertiary/aromatic N) is 1. The van der Waals surface area contributed by atoms with E-state index in [4.69, 9.17) is 10.2 Å². The summed E-state index contributed by atoms with van der Waals surface area (Å²) in [5.74, 6) is -0.0558. The highest BCUT2D eigenvalue weighted by Gasteiger charge is 2.13. The Labute approximate surface area is 127 Å². The number of anilines is 1. The molecule has 2 aromatic heterocycles. The Hall–Kier alpha value is -2.73. The quantitative estimate of drug-likeness (QED) is 0.580. The van der Waals surface area contributed by atoms with Crippen LogP contribution in [0, 0.1) is 5.82 Å². The van der Waals surface area contributed by atoms with Crippen LogP contribution in [0.2, 0.25) is 0 Å². The van der Waals surface area contributed by atoms with E-state index in [0.717, 1.165) is 0 Å². The van der Waals surface area contributed by atoms with Crippen molar-refractivity contribution in [1.82, 2.24) is 4.98 Å². The maximum atomic E-state index is 13.3. The summed E-state index contributed by atoms with van der Waals surface area (Å²) in [7, 11) is 0. The van der Waals surface area contributed by atoms with E-state index in [9.17, 15) is 9.18 Å². The number of fused-ring (bicyclic) bond motifs is 3. The molecule has 0 saturated carbocycles. The number of aromatic nitrogens is 1. The fraction of sp³-hybridized carbons (Fsp3) is 0. The molecule has 4 aromatic rings. The largest absolute Gasteiger partial charge is 0.456 e. The molecule has 22 heavy (non-hydrogen) atoms. The molecule has 0 radical (unpaired) electrons. The highest BCUT2D eigenvalue weighted by atomic mass is 32.1. The third-order valence-corrected chi connectivity index (χ3v) is 4.29. The van der Waals surface area contributed by atoms with Gasteiger partial charge in [0.15, 0.2) is 10.6 Å². The summed E-state index contributed by atoms with van der Waals surface area (Å²) in [6.45, 7) is 0. The zero-order valence-corrected chi connectivity index (χ0v) is 12.0. The van der Waals surface area contributed by atoms with Crippen LogP contribution in [-0.2, 0) is 0 Å². The number of benzene rings is 2. The molecule has 0 saturated heterocycles. The van der Waals surface area contributed by atoms with Gasteiger partial charge in [0, 0.05) is 11.6 Å². The van der Waals surface area contributed by atoms with E-state index in [1.165, 1.54) is 29.5 Å². The lowest BCUT2D eigenvalue weighted by Gasteiger charge is -2.03. The van der Waals surface area contributed by atoms with Crippen LogP contribution in [0.25, 0.3) is 32.5 Å². The van der Waals surface area contributed by atoms with Crippen LogP contribution < -0.4 is 11.2 Å². The first-order chi connectivity index (χ1) is 10.6. The van der Waals surface area contributed by atoms with Crippen molar-refractivity contribution >= 4 is 37.7 Å². The maximum Gasteiger partial charge on any atom is 0.194 e. The molecule has 0 atom stereocenters. The van der Waals surface area contributed by atoms with Gasteiger partial charge in [-0.1, -0.05) is 23.5 Å². The summed E-state index contributed by atoms with van der Waals surface area (Å²) in [5, 5.41) is 0.850. The van der Waals surface area contributed by atoms with Crippen molar-refractivity contribution in [3.05, 3.63) is 58.5 Å². The van der Waals surface area contributed by atoms with Crippen LogP contribution in [0.15, 0.2) is 51.7 Å². The fourth-order valence-corrected chi connectivity index (χ4v) is 3.31. The summed E-state index contributed by atoms with van der Waals surface area (Å²) in [5.41, 5.74) is 7.12. The SMILES string of the molecule is Nc1nc2ccc3oc(-c4cccc(F)c4)cc(=O)c3c2s1. The van der Waals surface area contributed by atoms with E-state index >= 15 is 0 Å². The average molecular weight is 312 g/mol. The first-order valence-corrected chi connectivity index (χ1v) is 7.32. The second-order valence-corrected chi connectivity index (χ2v) is 5.85. The highest BCUT2D eigenvalue weighted by Crippen LogP contribution is 2.31. The minimum atomic E-state index is -0.383. The van der Waals surface area contributed by atoms with Gasteiger partial charge in [0.2, 0.25) is 0 Å². The second-order valence-electron chi connectivity index (χ2n) is 4.82. The van der Waals surface area contributed by atoms with E-state index in [0.29, 0.717) is 37.6 Å². The normalized spacial score (nSPS) is 11.3. The van der Waals surface area contributed by atoms with Gasteiger partial charge in [-0.05, 0) is 24.3 Å². The lowest BCUT2D eigenvalue weighted by atomic mass is 10.1. The van der Waals surface area contributed by atoms with Gasteiger partial charge in [0.05, 0.1) is 15.6 Å². The van der Waals surface area contributed by atoms with Crippen LogP contribution in [-0.4, -0.2) is 4.98 Å². The summed E-state index contributed by atoms with van der Waals surface area (Å²) in [6.07, 6.45) is 0. The van der Waals surface area contributed by atoms with Crippen molar-refractivity contribution in [3.8, 4) is 11.3 Å². The smallest absolute Gasteiger partial charge is 0.194 e. The topological polar surface area (TPSA) is 69.1 Å². The number of nitrogens with two attached hydrogens (primary N) is 1. The highest BCUT2D eigenvalue weighted by molar-refractivity contribution is 7.22. The van der Waals surface area contributed by atoms with Crippen molar-refractivity contribution < 1.29 is 8.81 Å². The summed E-state index contributed by atoms with van der Waals surface area (Å²) < 4.78 is 19.8. The molecule has 2 aromatic carbocycles. The van der Waals surface area contributed by atoms with Crippen LogP contribution in [0.1, 0.15) is 0 Å². The maximum absolute atomic E-state index is 13.3. The fourth-order valence-electron chi connectivity index (χ4n) is 2.43. The Bertz CT molecular complexity index is 1080. The summed E-state index contributed by atoms with van der Waals surface area (Å²) >= 11 is 1.25. The molecular weight excluding hydrogens is 303 g/mol. The first kappa shape index (κ1) is 13.0. The average Bonchev–Trinajstić information content (AvgIpc) is 2.87. The summed E-state index contributed by atoms with van der Waals surface area (Å²) in [4.78, 5) is 16.6. The Morgan fingerprint density at radius 3 is 2.86 bits per heavy atom. The van der Waals surface area contributed by atoms with Crippen LogP contribution >= 0.6 is 11.3 Å². The number of thiazole rings is 1. The third-order valence-electron chi connectivity index (χ3n) is 3.37. The number of nitrogen functional groups attached to an aromatic ring is 1. The standard InChI is InChI=1S/C16H9FN2O2S/c17-9-3-1-2-8(6-9)13-7-11(20)14-12(21-13)5-4-10-15(14)22-16(18)19-10/h1-7H,(H2,18,19). The zero-order valence-electron chi connectivity index (χ0n) is 11.2. The first-order valence-electron chi connectivity index (χ1n) is 6.50. The van der Waals surface area contributed by atoms with Gasteiger partial charge < -0.3 is 10.2 Å². The molecule has 0 amide bonds. The molecule has 6 heteroatoms. The Morgan fingerprint density at radius 1 is 1.18 bits per heavy atom. The molecule has 2 N–H and O–H groups in total. The molecule has 0 bridgehead atoms. The van der Waals surface area contributed by atoms with Gasteiger partial charge in [-0.3, -0.25) is 4.79 Å². The molecule has 0 spiro atoms. The van der Waals surface area contributed by atoms with E-state index in [1.54, 1.807) is 24.3 Å². The van der Waals surface area contributed by atoms with Crippen molar-refractivity contribution in [3.63, 3.8) is 0 Å². The van der Waals surface area contributed by atoms with Gasteiger partial charge >= 0.3 is 0 Å². The van der Waals surface area contributed by atoms with E-state index in [1.807, 2.05) is 0 Å². The summed E-state index contributed by atoms with van der Waals surface area (Å²) in [6, 6.07) is 10.7. The number of rotatable bonds is 1. The number of hydrogen-bond donors (Lipinski definition) is 1. The Morgan fingerprint density at radius 2 is 2.05 bits per heavy atom. The number of hydrogen-bond acceptors (Lipinski definition) is 5. The van der Waals surface area contributed by atoms with Crippen molar-refractivity contribution in [2.75, 3.05) is 5.73 Å². The molecule has 0 aliphatic heterocycles. The number of halogens is 1. The van der Waals surface area contributed by atoms with E-state index in [2.05, 4.69) is 4.98 Å². The molecule has 0 aliphatic carbocycles. The van der Waals surface area contributed by atoms with Crippen LogP contribution in [0.5, 0.6) is 0 Å². The minimum absolute atomic E-state index is 0.199. The molecule has 108 valence electrons. The molecule has 4 rings (SSSR count). The lowest BCUT2D eigenvalue weighted by molar-refractivity contribution is 0.611. The second kappa shape index (κ2) is 4.64. The molecule has 4 nitrogen and oxygen atoms in total. The van der Waals surface area contributed by atoms with Gasteiger partial charge in [-0.25, -0.2) is 9.37 Å². The van der Waals surface area contributed by atoms with Gasteiger partial charge in [0.25, 0.3) is 0 Å². The van der Waals surface area contributed by atoms with E-state index in [-0.39, 0.29) is 11.2 Å². The van der Waals surface area contributed by atoms with Gasteiger partial charge in [-0.2, -0.15) is 0 Å². The lowest BCUT2D eigenvalue weighted by Crippen LogP contribution is -2.00. The minimum Gasteiger partial charge on any atom is -0.456 e. The van der Waals surface area contributed by atoms with Crippen molar-refractivity contribution in [2.24, 2.45) is 0 Å². The predicted molar refractivity (Wildman–Crippen MR) is 85.5 cm³/mol. The predicted octanol–water partition coefficient (Wildman–Crippen LogP) is 3.79.